The van der Waals surface area contributed by atoms with Crippen LogP contribution in [-0.2, 0) is 6.54 Å². The SMILES string of the molecule is CCCn1ccnc1C(NC)C(C(F)(F)F)C(F)(F)F. The molecule has 0 bridgehead atoms. The lowest BCUT2D eigenvalue weighted by atomic mass is 9.97. The van der Waals surface area contributed by atoms with E-state index in [1.807, 2.05) is 0 Å². The third-order valence-electron chi connectivity index (χ3n) is 2.84. The zero-order chi connectivity index (χ0) is 15.6. The van der Waals surface area contributed by atoms with Crippen LogP contribution in [0.1, 0.15) is 25.2 Å². The average molecular weight is 303 g/mol. The second kappa shape index (κ2) is 6.02. The molecule has 1 aromatic rings. The summed E-state index contributed by atoms with van der Waals surface area (Å²) in [5.74, 6) is -3.77. The summed E-state index contributed by atoms with van der Waals surface area (Å²) in [4.78, 5) is 3.65. The van der Waals surface area contributed by atoms with Crippen molar-refractivity contribution in [1.29, 1.82) is 0 Å². The van der Waals surface area contributed by atoms with E-state index in [9.17, 15) is 26.3 Å². The molecule has 1 atom stereocenters. The largest absolute Gasteiger partial charge is 0.402 e. The third-order valence-corrected chi connectivity index (χ3v) is 2.84. The highest BCUT2D eigenvalue weighted by atomic mass is 19.4. The second-order valence-corrected chi connectivity index (χ2v) is 4.31. The minimum atomic E-state index is -5.41. The Morgan fingerprint density at radius 3 is 2.15 bits per heavy atom. The first kappa shape index (κ1) is 16.8. The molecule has 116 valence electrons. The molecule has 1 aromatic heterocycles. The maximum Gasteiger partial charge on any atom is 0.402 e. The predicted molar refractivity (Wildman–Crippen MR) is 59.9 cm³/mol. The van der Waals surface area contributed by atoms with Gasteiger partial charge in [-0.2, -0.15) is 26.3 Å². The Morgan fingerprint density at radius 1 is 1.20 bits per heavy atom. The molecule has 0 spiro atoms. The van der Waals surface area contributed by atoms with Gasteiger partial charge in [-0.1, -0.05) is 6.92 Å². The summed E-state index contributed by atoms with van der Waals surface area (Å²) >= 11 is 0. The van der Waals surface area contributed by atoms with Gasteiger partial charge in [0.15, 0.2) is 5.92 Å². The highest BCUT2D eigenvalue weighted by molar-refractivity contribution is 5.04. The normalized spacial score (nSPS) is 14.8. The summed E-state index contributed by atoms with van der Waals surface area (Å²) in [6.07, 6.45) is -7.68. The minimum Gasteiger partial charge on any atom is -0.334 e. The first-order valence-electron chi connectivity index (χ1n) is 5.94. The van der Waals surface area contributed by atoms with Crippen LogP contribution < -0.4 is 5.32 Å². The van der Waals surface area contributed by atoms with Gasteiger partial charge in [-0.05, 0) is 13.5 Å². The van der Waals surface area contributed by atoms with Crippen molar-refractivity contribution >= 4 is 0 Å². The first-order valence-corrected chi connectivity index (χ1v) is 5.94. The molecule has 0 aliphatic heterocycles. The Balaban J connectivity index is 3.24. The summed E-state index contributed by atoms with van der Waals surface area (Å²) < 4.78 is 77.9. The fraction of sp³-hybridized carbons (Fsp3) is 0.727. The molecule has 1 rings (SSSR count). The molecule has 0 saturated heterocycles. The van der Waals surface area contributed by atoms with Crippen molar-refractivity contribution in [3.05, 3.63) is 18.2 Å². The van der Waals surface area contributed by atoms with E-state index in [0.29, 0.717) is 13.0 Å². The Morgan fingerprint density at radius 2 is 1.75 bits per heavy atom. The van der Waals surface area contributed by atoms with Gasteiger partial charge in [0.05, 0.1) is 6.04 Å². The number of aromatic nitrogens is 2. The van der Waals surface area contributed by atoms with Crippen molar-refractivity contribution in [3.8, 4) is 0 Å². The van der Waals surface area contributed by atoms with Gasteiger partial charge in [0.2, 0.25) is 0 Å². The average Bonchev–Trinajstić information content (AvgIpc) is 2.70. The van der Waals surface area contributed by atoms with E-state index in [-0.39, 0.29) is 5.82 Å². The number of imidazole rings is 1. The highest BCUT2D eigenvalue weighted by Gasteiger charge is 2.61. The molecular formula is C11H15F6N3. The number of nitrogens with one attached hydrogen (secondary N) is 1. The molecule has 1 heterocycles. The first-order chi connectivity index (χ1) is 9.12. The van der Waals surface area contributed by atoms with Crippen LogP contribution in [-0.4, -0.2) is 29.0 Å². The van der Waals surface area contributed by atoms with E-state index < -0.39 is 24.3 Å². The van der Waals surface area contributed by atoms with Gasteiger partial charge in [-0.25, -0.2) is 4.98 Å². The summed E-state index contributed by atoms with van der Waals surface area (Å²) in [7, 11) is 1.06. The lowest BCUT2D eigenvalue weighted by Crippen LogP contribution is -2.46. The number of hydrogen-bond acceptors (Lipinski definition) is 2. The molecule has 0 aliphatic rings. The van der Waals surface area contributed by atoms with E-state index in [2.05, 4.69) is 10.3 Å². The van der Waals surface area contributed by atoms with Crippen LogP contribution in [0, 0.1) is 5.92 Å². The molecule has 0 aromatic carbocycles. The fourth-order valence-electron chi connectivity index (χ4n) is 2.04. The van der Waals surface area contributed by atoms with Crippen LogP contribution in [0.5, 0.6) is 0 Å². The number of aryl methyl sites for hydroxylation is 1. The molecule has 0 fully saturated rings. The van der Waals surface area contributed by atoms with Crippen molar-refractivity contribution in [3.63, 3.8) is 0 Å². The molecule has 0 saturated carbocycles. The summed E-state index contributed by atoms with van der Waals surface area (Å²) in [5, 5.41) is 2.09. The van der Waals surface area contributed by atoms with E-state index in [4.69, 9.17) is 0 Å². The van der Waals surface area contributed by atoms with Crippen molar-refractivity contribution < 1.29 is 26.3 Å². The van der Waals surface area contributed by atoms with Crippen molar-refractivity contribution in [2.24, 2.45) is 5.92 Å². The molecular weight excluding hydrogens is 288 g/mol. The van der Waals surface area contributed by atoms with E-state index in [1.54, 1.807) is 6.92 Å². The van der Waals surface area contributed by atoms with Crippen LogP contribution >= 0.6 is 0 Å². The van der Waals surface area contributed by atoms with Crippen molar-refractivity contribution in [1.82, 2.24) is 14.9 Å². The lowest BCUT2D eigenvalue weighted by molar-refractivity contribution is -0.293. The highest BCUT2D eigenvalue weighted by Crippen LogP contribution is 2.45. The predicted octanol–water partition coefficient (Wildman–Crippen LogP) is 3.29. The smallest absolute Gasteiger partial charge is 0.334 e. The Bertz CT molecular complexity index is 409. The van der Waals surface area contributed by atoms with Gasteiger partial charge in [-0.3, -0.25) is 0 Å². The van der Waals surface area contributed by atoms with Gasteiger partial charge in [-0.15, -0.1) is 0 Å². The third kappa shape index (κ3) is 3.65. The summed E-state index contributed by atoms with van der Waals surface area (Å²) in [6, 6.07) is -1.98. The fourth-order valence-corrected chi connectivity index (χ4v) is 2.04. The molecule has 20 heavy (non-hydrogen) atoms. The van der Waals surface area contributed by atoms with Crippen LogP contribution in [0.2, 0.25) is 0 Å². The van der Waals surface area contributed by atoms with E-state index in [1.165, 1.54) is 17.0 Å². The number of hydrogen-bond donors (Lipinski definition) is 1. The Kier molecular flexibility index (Phi) is 5.06. The number of nitrogens with zero attached hydrogens (tertiary/aromatic N) is 2. The van der Waals surface area contributed by atoms with Gasteiger partial charge in [0.1, 0.15) is 5.82 Å². The molecule has 1 N–H and O–H groups in total. The van der Waals surface area contributed by atoms with Gasteiger partial charge in [0, 0.05) is 18.9 Å². The Hall–Kier alpha value is -1.25. The quantitative estimate of drug-likeness (QED) is 0.846. The maximum atomic E-state index is 12.8. The van der Waals surface area contributed by atoms with Gasteiger partial charge in [0.25, 0.3) is 0 Å². The molecule has 9 heteroatoms. The van der Waals surface area contributed by atoms with Crippen LogP contribution in [0.3, 0.4) is 0 Å². The van der Waals surface area contributed by atoms with Crippen LogP contribution in [0.4, 0.5) is 26.3 Å². The van der Waals surface area contributed by atoms with Gasteiger partial charge >= 0.3 is 12.4 Å². The van der Waals surface area contributed by atoms with Crippen molar-refractivity contribution in [2.45, 2.75) is 38.3 Å². The monoisotopic (exact) mass is 303 g/mol. The molecule has 1 unspecified atom stereocenters. The summed E-state index contributed by atoms with van der Waals surface area (Å²) in [5.41, 5.74) is 0. The molecule has 0 amide bonds. The Labute approximate surface area is 112 Å². The molecule has 0 aliphatic carbocycles. The van der Waals surface area contributed by atoms with Crippen molar-refractivity contribution in [2.75, 3.05) is 7.05 Å². The number of rotatable bonds is 5. The zero-order valence-electron chi connectivity index (χ0n) is 10.9. The maximum absolute atomic E-state index is 12.8. The molecule has 3 nitrogen and oxygen atoms in total. The standard InChI is InChI=1S/C11H15F6N3/c1-3-5-20-6-4-19-9(20)7(18-2)8(10(12,13)14)11(15,16)17/h4,6-8,18H,3,5H2,1-2H3. The van der Waals surface area contributed by atoms with Crippen LogP contribution in [0.25, 0.3) is 0 Å². The van der Waals surface area contributed by atoms with Gasteiger partial charge < -0.3 is 9.88 Å². The topological polar surface area (TPSA) is 29.9 Å². The van der Waals surface area contributed by atoms with E-state index in [0.717, 1.165) is 7.05 Å². The molecule has 0 radical (unpaired) electrons. The minimum absolute atomic E-state index is 0.269. The number of halogens is 6. The lowest BCUT2D eigenvalue weighted by Gasteiger charge is -2.30. The summed E-state index contributed by atoms with van der Waals surface area (Å²) in [6.45, 7) is 2.07. The number of alkyl halides is 6. The van der Waals surface area contributed by atoms with E-state index >= 15 is 0 Å². The second-order valence-electron chi connectivity index (χ2n) is 4.31. The zero-order valence-corrected chi connectivity index (χ0v) is 10.9. The van der Waals surface area contributed by atoms with Crippen LogP contribution in [0.15, 0.2) is 12.4 Å².